The second-order valence-corrected chi connectivity index (χ2v) is 6.11. The Morgan fingerprint density at radius 1 is 1.33 bits per heavy atom. The minimum atomic E-state index is -0.306. The van der Waals surface area contributed by atoms with E-state index < -0.39 is 0 Å². The Morgan fingerprint density at radius 2 is 2.19 bits per heavy atom. The smallest absolute Gasteiger partial charge is 0.129 e. The summed E-state index contributed by atoms with van der Waals surface area (Å²) in [7, 11) is 0. The van der Waals surface area contributed by atoms with Crippen molar-refractivity contribution >= 4 is 33.2 Å². The van der Waals surface area contributed by atoms with Crippen molar-refractivity contribution in [2.45, 2.75) is 13.0 Å². The number of pyridine rings is 1. The molecule has 1 unspecified atom stereocenters. The third-order valence-electron chi connectivity index (χ3n) is 3.34. The molecule has 21 heavy (non-hydrogen) atoms. The summed E-state index contributed by atoms with van der Waals surface area (Å²) in [6, 6.07) is 8.60. The Kier molecular flexibility index (Phi) is 4.19. The van der Waals surface area contributed by atoms with E-state index in [2.05, 4.69) is 16.4 Å². The predicted octanol–water partition coefficient (Wildman–Crippen LogP) is 4.79. The van der Waals surface area contributed by atoms with Gasteiger partial charge in [-0.05, 0) is 41.8 Å². The van der Waals surface area contributed by atoms with Gasteiger partial charge in [-0.3, -0.25) is 4.98 Å². The van der Waals surface area contributed by atoms with E-state index in [1.807, 2.05) is 18.4 Å². The first-order valence-corrected chi connectivity index (χ1v) is 7.96. The van der Waals surface area contributed by atoms with Gasteiger partial charge in [0.1, 0.15) is 5.82 Å². The van der Waals surface area contributed by atoms with Crippen LogP contribution in [-0.4, -0.2) is 11.5 Å². The molecule has 2 heterocycles. The van der Waals surface area contributed by atoms with Crippen LogP contribution >= 0.6 is 22.9 Å². The van der Waals surface area contributed by atoms with Crippen LogP contribution in [0.25, 0.3) is 10.2 Å². The van der Waals surface area contributed by atoms with Crippen LogP contribution in [0.3, 0.4) is 0 Å². The molecular weight excluding hydrogens is 307 g/mol. The third kappa shape index (κ3) is 2.93. The van der Waals surface area contributed by atoms with Gasteiger partial charge in [0.2, 0.25) is 0 Å². The Hall–Kier alpha value is -1.49. The number of benzene rings is 1. The van der Waals surface area contributed by atoms with Crippen molar-refractivity contribution in [2.75, 3.05) is 6.54 Å². The normalized spacial score (nSPS) is 12.7. The fourth-order valence-electron chi connectivity index (χ4n) is 2.37. The van der Waals surface area contributed by atoms with Crippen molar-refractivity contribution in [3.8, 4) is 0 Å². The molecule has 1 aromatic carbocycles. The fourth-order valence-corrected chi connectivity index (χ4v) is 3.31. The fraction of sp³-hybridized carbons (Fsp3) is 0.188. The molecular formula is C16H14ClFN2S. The molecule has 0 spiro atoms. The van der Waals surface area contributed by atoms with Crippen molar-refractivity contribution < 1.29 is 4.39 Å². The molecule has 0 fully saturated rings. The molecule has 0 saturated heterocycles. The molecule has 0 bridgehead atoms. The lowest BCUT2D eigenvalue weighted by atomic mass is 9.99. The zero-order valence-electron chi connectivity index (χ0n) is 11.4. The van der Waals surface area contributed by atoms with Gasteiger partial charge in [-0.1, -0.05) is 24.6 Å². The van der Waals surface area contributed by atoms with Gasteiger partial charge >= 0.3 is 0 Å². The average Bonchev–Trinajstić information content (AvgIpc) is 2.93. The molecule has 3 rings (SSSR count). The van der Waals surface area contributed by atoms with Crippen LogP contribution in [0.5, 0.6) is 0 Å². The number of halogens is 2. The number of aromatic nitrogens is 1. The van der Waals surface area contributed by atoms with Crippen molar-refractivity contribution in [3.05, 3.63) is 63.9 Å². The highest BCUT2D eigenvalue weighted by Gasteiger charge is 2.18. The summed E-state index contributed by atoms with van der Waals surface area (Å²) < 4.78 is 15.3. The molecule has 0 amide bonds. The van der Waals surface area contributed by atoms with Crippen molar-refractivity contribution in [1.82, 2.24) is 10.3 Å². The maximum atomic E-state index is 14.2. The molecule has 108 valence electrons. The van der Waals surface area contributed by atoms with Crippen LogP contribution in [0, 0.1) is 5.82 Å². The highest BCUT2D eigenvalue weighted by molar-refractivity contribution is 7.17. The number of hydrogen-bond acceptors (Lipinski definition) is 3. The summed E-state index contributed by atoms with van der Waals surface area (Å²) in [6.45, 7) is 2.73. The zero-order valence-corrected chi connectivity index (χ0v) is 13.0. The number of thiophene rings is 1. The van der Waals surface area contributed by atoms with Gasteiger partial charge in [0.25, 0.3) is 0 Å². The van der Waals surface area contributed by atoms with Crippen molar-refractivity contribution in [3.63, 3.8) is 0 Å². The number of nitrogens with one attached hydrogen (secondary N) is 1. The summed E-state index contributed by atoms with van der Waals surface area (Å²) in [6.07, 6.45) is 1.80. The molecule has 0 radical (unpaired) electrons. The largest absolute Gasteiger partial charge is 0.306 e. The average molecular weight is 321 g/mol. The van der Waals surface area contributed by atoms with E-state index in [0.717, 1.165) is 22.3 Å². The van der Waals surface area contributed by atoms with E-state index in [4.69, 9.17) is 11.6 Å². The molecule has 1 N–H and O–H groups in total. The third-order valence-corrected chi connectivity index (χ3v) is 4.43. The summed E-state index contributed by atoms with van der Waals surface area (Å²) in [4.78, 5) is 4.44. The number of hydrogen-bond donors (Lipinski definition) is 1. The first kappa shape index (κ1) is 14.4. The second kappa shape index (κ2) is 6.10. The minimum Gasteiger partial charge on any atom is -0.306 e. The Bertz CT molecular complexity index is 772. The first-order valence-electron chi connectivity index (χ1n) is 6.70. The van der Waals surface area contributed by atoms with Gasteiger partial charge < -0.3 is 5.32 Å². The minimum absolute atomic E-state index is 0.230. The van der Waals surface area contributed by atoms with Crippen LogP contribution in [0.2, 0.25) is 5.02 Å². The van der Waals surface area contributed by atoms with Gasteiger partial charge in [0.15, 0.2) is 0 Å². The first-order chi connectivity index (χ1) is 10.2. The van der Waals surface area contributed by atoms with Gasteiger partial charge in [-0.2, -0.15) is 0 Å². The lowest BCUT2D eigenvalue weighted by Gasteiger charge is -2.19. The quantitative estimate of drug-likeness (QED) is 0.747. The van der Waals surface area contributed by atoms with Crippen molar-refractivity contribution in [2.24, 2.45) is 0 Å². The lowest BCUT2D eigenvalue weighted by molar-refractivity contribution is 0.559. The van der Waals surface area contributed by atoms with Gasteiger partial charge in [0.05, 0.1) is 16.3 Å². The van der Waals surface area contributed by atoms with Gasteiger partial charge in [-0.15, -0.1) is 11.3 Å². The van der Waals surface area contributed by atoms with Crippen LogP contribution in [0.1, 0.15) is 24.1 Å². The topological polar surface area (TPSA) is 24.9 Å². The predicted molar refractivity (Wildman–Crippen MR) is 86.5 cm³/mol. The lowest BCUT2D eigenvalue weighted by Crippen LogP contribution is -2.23. The van der Waals surface area contributed by atoms with Gasteiger partial charge in [-0.25, -0.2) is 4.39 Å². The monoisotopic (exact) mass is 320 g/mol. The number of fused-ring (bicyclic) bond motifs is 1. The van der Waals surface area contributed by atoms with Crippen LogP contribution in [0.15, 0.2) is 41.9 Å². The van der Waals surface area contributed by atoms with E-state index in [-0.39, 0.29) is 11.9 Å². The Labute approximate surface area is 131 Å². The van der Waals surface area contributed by atoms with E-state index in [0.29, 0.717) is 10.6 Å². The molecule has 5 heteroatoms. The maximum absolute atomic E-state index is 14.2. The summed E-state index contributed by atoms with van der Waals surface area (Å²) in [5.41, 5.74) is 2.50. The van der Waals surface area contributed by atoms with Gasteiger partial charge in [0, 0.05) is 16.8 Å². The summed E-state index contributed by atoms with van der Waals surface area (Å²) >= 11 is 7.47. The van der Waals surface area contributed by atoms with E-state index in [1.54, 1.807) is 29.7 Å². The standard InChI is InChI=1S/C16H14ClFN2S/c1-2-19-16(12-4-3-11(17)8-13(12)18)10-7-15-14(20-9-10)5-6-21-15/h3-9,16,19H,2H2,1H3. The molecule has 0 aliphatic heterocycles. The van der Waals surface area contributed by atoms with Crippen LogP contribution < -0.4 is 5.32 Å². The molecule has 0 saturated carbocycles. The van der Waals surface area contributed by atoms with E-state index in [1.165, 1.54) is 6.07 Å². The number of rotatable bonds is 4. The highest BCUT2D eigenvalue weighted by Crippen LogP contribution is 2.29. The summed E-state index contributed by atoms with van der Waals surface area (Å²) in [5.74, 6) is -0.306. The summed E-state index contributed by atoms with van der Waals surface area (Å²) in [5, 5.41) is 5.72. The number of nitrogens with zero attached hydrogens (tertiary/aromatic N) is 1. The highest BCUT2D eigenvalue weighted by atomic mass is 35.5. The van der Waals surface area contributed by atoms with E-state index >= 15 is 0 Å². The Balaban J connectivity index is 2.07. The molecule has 3 aromatic rings. The molecule has 0 aliphatic rings. The van der Waals surface area contributed by atoms with Crippen LogP contribution in [-0.2, 0) is 0 Å². The second-order valence-electron chi connectivity index (χ2n) is 4.73. The SMILES string of the molecule is CCNC(c1cnc2ccsc2c1)c1ccc(Cl)cc1F. The molecule has 2 aromatic heterocycles. The maximum Gasteiger partial charge on any atom is 0.129 e. The van der Waals surface area contributed by atoms with Crippen LogP contribution in [0.4, 0.5) is 4.39 Å². The zero-order chi connectivity index (χ0) is 14.8. The van der Waals surface area contributed by atoms with Crippen molar-refractivity contribution in [1.29, 1.82) is 0 Å². The van der Waals surface area contributed by atoms with E-state index in [9.17, 15) is 4.39 Å². The molecule has 0 aliphatic carbocycles. The Morgan fingerprint density at radius 3 is 2.95 bits per heavy atom. The molecule has 1 atom stereocenters. The molecule has 2 nitrogen and oxygen atoms in total.